The van der Waals surface area contributed by atoms with Crippen LogP contribution in [0.15, 0.2) is 48.5 Å². The largest absolute Gasteiger partial charge is 0.411 e. The highest BCUT2D eigenvalue weighted by Crippen LogP contribution is 2.62. The van der Waals surface area contributed by atoms with Crippen LogP contribution in [0.1, 0.15) is 11.1 Å². The lowest BCUT2D eigenvalue weighted by atomic mass is 9.69. The van der Waals surface area contributed by atoms with Crippen LogP contribution in [0, 0.1) is 0 Å². The molecule has 2 aromatic carbocycles. The SMILES string of the molecule is CN1c2ccccc2C(C(F)(F)F)(C(F)(F)F)c2ccccc21. The number of hydrogen-bond donors (Lipinski definition) is 0. The minimum Gasteiger partial charge on any atom is -0.344 e. The predicted molar refractivity (Wildman–Crippen MR) is 73.8 cm³/mol. The van der Waals surface area contributed by atoms with Crippen molar-refractivity contribution in [2.24, 2.45) is 0 Å². The first-order valence-corrected chi connectivity index (χ1v) is 6.68. The van der Waals surface area contributed by atoms with Crippen LogP contribution in [0.5, 0.6) is 0 Å². The summed E-state index contributed by atoms with van der Waals surface area (Å²) in [6, 6.07) is 9.52. The fourth-order valence-electron chi connectivity index (χ4n) is 3.21. The van der Waals surface area contributed by atoms with E-state index in [0.29, 0.717) is 0 Å². The molecule has 0 atom stereocenters. The van der Waals surface area contributed by atoms with E-state index in [4.69, 9.17) is 0 Å². The number of benzene rings is 2. The van der Waals surface area contributed by atoms with Crippen LogP contribution < -0.4 is 4.90 Å². The Morgan fingerprint density at radius 3 is 1.39 bits per heavy atom. The minimum atomic E-state index is -5.53. The summed E-state index contributed by atoms with van der Waals surface area (Å²) in [5, 5.41) is 0. The molecule has 3 rings (SSSR count). The Balaban J connectivity index is 2.52. The number of rotatable bonds is 0. The Bertz CT molecular complexity index is 683. The van der Waals surface area contributed by atoms with Gasteiger partial charge in [0.25, 0.3) is 0 Å². The third kappa shape index (κ3) is 1.88. The van der Waals surface area contributed by atoms with Gasteiger partial charge in [-0.1, -0.05) is 36.4 Å². The molecule has 23 heavy (non-hydrogen) atoms. The first-order valence-electron chi connectivity index (χ1n) is 6.68. The van der Waals surface area contributed by atoms with Gasteiger partial charge in [-0.15, -0.1) is 0 Å². The Kier molecular flexibility index (Phi) is 3.18. The molecule has 0 aliphatic carbocycles. The number of anilines is 2. The number of para-hydroxylation sites is 2. The van der Waals surface area contributed by atoms with Gasteiger partial charge in [0.05, 0.1) is 0 Å². The van der Waals surface area contributed by atoms with E-state index in [-0.39, 0.29) is 11.4 Å². The normalized spacial score (nSPS) is 16.7. The summed E-state index contributed by atoms with van der Waals surface area (Å²) < 4.78 is 83.0. The van der Waals surface area contributed by atoms with Crippen LogP contribution in [0.3, 0.4) is 0 Å². The average Bonchev–Trinajstić information content (AvgIpc) is 2.45. The first kappa shape index (κ1) is 15.7. The van der Waals surface area contributed by atoms with Gasteiger partial charge < -0.3 is 4.90 Å². The molecular weight excluding hydrogens is 320 g/mol. The third-order valence-corrected chi connectivity index (χ3v) is 4.19. The second-order valence-corrected chi connectivity index (χ2v) is 5.34. The van der Waals surface area contributed by atoms with E-state index < -0.39 is 28.9 Å². The van der Waals surface area contributed by atoms with E-state index >= 15 is 0 Å². The zero-order valence-electron chi connectivity index (χ0n) is 11.8. The molecule has 0 spiro atoms. The van der Waals surface area contributed by atoms with Crippen molar-refractivity contribution in [2.75, 3.05) is 11.9 Å². The van der Waals surface area contributed by atoms with Gasteiger partial charge in [-0.25, -0.2) is 0 Å². The van der Waals surface area contributed by atoms with E-state index in [2.05, 4.69) is 0 Å². The lowest BCUT2D eigenvalue weighted by Crippen LogP contribution is -2.57. The molecule has 0 saturated carbocycles. The summed E-state index contributed by atoms with van der Waals surface area (Å²) in [7, 11) is 1.45. The summed E-state index contributed by atoms with van der Waals surface area (Å²) in [4.78, 5) is 1.35. The molecule has 1 nitrogen and oxygen atoms in total. The topological polar surface area (TPSA) is 3.24 Å². The highest BCUT2D eigenvalue weighted by molar-refractivity contribution is 5.78. The number of alkyl halides is 6. The van der Waals surface area contributed by atoms with Crippen LogP contribution in [0.4, 0.5) is 37.7 Å². The highest BCUT2D eigenvalue weighted by Gasteiger charge is 2.74. The maximum Gasteiger partial charge on any atom is 0.411 e. The van der Waals surface area contributed by atoms with E-state index in [1.165, 1.54) is 48.3 Å². The molecule has 0 unspecified atom stereocenters. The van der Waals surface area contributed by atoms with Crippen molar-refractivity contribution in [3.05, 3.63) is 59.7 Å². The molecule has 0 radical (unpaired) electrons. The molecule has 2 aromatic rings. The molecule has 0 amide bonds. The van der Waals surface area contributed by atoms with E-state index in [0.717, 1.165) is 12.1 Å². The summed E-state index contributed by atoms with van der Waals surface area (Å²) in [6.45, 7) is 0. The quantitative estimate of drug-likeness (QED) is 0.601. The molecule has 0 aromatic heterocycles. The van der Waals surface area contributed by atoms with Gasteiger partial charge in [0.15, 0.2) is 0 Å². The summed E-state index contributed by atoms with van der Waals surface area (Å²) in [5.74, 6) is 0. The third-order valence-electron chi connectivity index (χ3n) is 4.19. The van der Waals surface area contributed by atoms with Crippen LogP contribution in [-0.4, -0.2) is 19.4 Å². The van der Waals surface area contributed by atoms with Crippen molar-refractivity contribution >= 4 is 11.4 Å². The molecule has 1 heterocycles. The molecule has 1 aliphatic rings. The Morgan fingerprint density at radius 1 is 0.696 bits per heavy atom. The lowest BCUT2D eigenvalue weighted by molar-refractivity contribution is -0.288. The van der Waals surface area contributed by atoms with E-state index in [1.807, 2.05) is 0 Å². The molecule has 1 aliphatic heterocycles. The summed E-state index contributed by atoms with van der Waals surface area (Å²) in [6.07, 6.45) is -11.1. The second-order valence-electron chi connectivity index (χ2n) is 5.34. The Hall–Kier alpha value is -2.18. The van der Waals surface area contributed by atoms with E-state index in [1.54, 1.807) is 0 Å². The predicted octanol–water partition coefficient (Wildman–Crippen LogP) is 5.18. The summed E-state index contributed by atoms with van der Waals surface area (Å²) in [5.41, 5.74) is -5.87. The van der Waals surface area contributed by atoms with Gasteiger partial charge in [0, 0.05) is 29.5 Å². The Morgan fingerprint density at radius 2 is 1.04 bits per heavy atom. The van der Waals surface area contributed by atoms with Crippen LogP contribution in [0.2, 0.25) is 0 Å². The van der Waals surface area contributed by atoms with Gasteiger partial charge in [-0.05, 0) is 12.1 Å². The van der Waals surface area contributed by atoms with Crippen LogP contribution in [0.25, 0.3) is 0 Å². The standard InChI is InChI=1S/C16H11F6N/c1-23-12-8-4-2-6-10(12)14(15(17,18)19,16(20,21)22)11-7-3-5-9-13(11)23/h2-9H,1H3. The van der Waals surface area contributed by atoms with Crippen molar-refractivity contribution in [3.63, 3.8) is 0 Å². The molecule has 0 bridgehead atoms. The van der Waals surface area contributed by atoms with Crippen LogP contribution in [-0.2, 0) is 5.41 Å². The van der Waals surface area contributed by atoms with Gasteiger partial charge in [-0.2, -0.15) is 26.3 Å². The smallest absolute Gasteiger partial charge is 0.344 e. The fraction of sp³-hybridized carbons (Fsp3) is 0.250. The van der Waals surface area contributed by atoms with E-state index in [9.17, 15) is 26.3 Å². The monoisotopic (exact) mass is 331 g/mol. The van der Waals surface area contributed by atoms with Crippen molar-refractivity contribution in [2.45, 2.75) is 17.8 Å². The van der Waals surface area contributed by atoms with Crippen molar-refractivity contribution in [1.82, 2.24) is 0 Å². The molecular formula is C16H11F6N. The van der Waals surface area contributed by atoms with Gasteiger partial charge in [0.1, 0.15) is 0 Å². The number of halogens is 6. The summed E-state index contributed by atoms with van der Waals surface area (Å²) >= 11 is 0. The van der Waals surface area contributed by atoms with Crippen molar-refractivity contribution < 1.29 is 26.3 Å². The fourth-order valence-corrected chi connectivity index (χ4v) is 3.21. The van der Waals surface area contributed by atoms with Crippen molar-refractivity contribution in [3.8, 4) is 0 Å². The van der Waals surface area contributed by atoms with Gasteiger partial charge in [0.2, 0.25) is 5.41 Å². The lowest BCUT2D eigenvalue weighted by Gasteiger charge is -2.45. The zero-order valence-corrected chi connectivity index (χ0v) is 11.8. The molecule has 0 saturated heterocycles. The highest BCUT2D eigenvalue weighted by atomic mass is 19.4. The molecule has 0 fully saturated rings. The van der Waals surface area contributed by atoms with Crippen molar-refractivity contribution in [1.29, 1.82) is 0 Å². The van der Waals surface area contributed by atoms with Gasteiger partial charge in [-0.3, -0.25) is 0 Å². The average molecular weight is 331 g/mol. The zero-order chi connectivity index (χ0) is 17.0. The second kappa shape index (κ2) is 4.66. The number of nitrogens with zero attached hydrogens (tertiary/aromatic N) is 1. The molecule has 0 N–H and O–H groups in total. The van der Waals surface area contributed by atoms with Crippen LogP contribution >= 0.6 is 0 Å². The molecule has 122 valence electrons. The maximum atomic E-state index is 13.8. The first-order chi connectivity index (χ1) is 10.6. The minimum absolute atomic E-state index is 0.110. The molecule has 7 heteroatoms. The Labute approximate surface area is 128 Å². The maximum absolute atomic E-state index is 13.8. The van der Waals surface area contributed by atoms with Gasteiger partial charge >= 0.3 is 12.4 Å². The number of fused-ring (bicyclic) bond motifs is 2. The number of hydrogen-bond acceptors (Lipinski definition) is 1.